The summed E-state index contributed by atoms with van der Waals surface area (Å²) in [6, 6.07) is 1.90. The number of anilines is 1. The maximum Gasteiger partial charge on any atom is 0.208 e. The fourth-order valence-electron chi connectivity index (χ4n) is 3.42. The first-order valence-corrected chi connectivity index (χ1v) is 9.71. The molecule has 0 radical (unpaired) electrons. The van der Waals surface area contributed by atoms with E-state index in [9.17, 15) is 15.0 Å². The summed E-state index contributed by atoms with van der Waals surface area (Å²) in [5.74, 6) is 1.09. The van der Waals surface area contributed by atoms with Gasteiger partial charge in [-0.1, -0.05) is 6.92 Å². The number of carbonyl (C=O) groups excluding carboxylic acids is 1. The molecule has 2 aromatic heterocycles. The van der Waals surface area contributed by atoms with Gasteiger partial charge in [-0.15, -0.1) is 11.3 Å². The molecule has 0 bridgehead atoms. The van der Waals surface area contributed by atoms with Gasteiger partial charge >= 0.3 is 0 Å². The summed E-state index contributed by atoms with van der Waals surface area (Å²) in [6.07, 6.45) is 4.75. The lowest BCUT2D eigenvalue weighted by Crippen LogP contribution is -2.20. The fourth-order valence-corrected chi connectivity index (χ4v) is 4.44. The molecule has 1 aliphatic rings. The van der Waals surface area contributed by atoms with Crippen LogP contribution in [0.25, 0.3) is 0 Å². The number of nitrogens with zero attached hydrogens (tertiary/aromatic N) is 2. The molecule has 1 fully saturated rings. The summed E-state index contributed by atoms with van der Waals surface area (Å²) in [5.41, 5.74) is 0.159. The number of aromatic nitrogens is 2. The molecule has 2 heterocycles. The smallest absolute Gasteiger partial charge is 0.208 e. The first-order valence-electron chi connectivity index (χ1n) is 8.83. The van der Waals surface area contributed by atoms with Crippen LogP contribution in [0.3, 0.4) is 0 Å². The Morgan fingerprint density at radius 2 is 2.19 bits per heavy atom. The van der Waals surface area contributed by atoms with Crippen molar-refractivity contribution in [3.05, 3.63) is 40.0 Å². The van der Waals surface area contributed by atoms with Gasteiger partial charge in [0, 0.05) is 18.8 Å². The monoisotopic (exact) mass is 375 g/mol. The van der Waals surface area contributed by atoms with Crippen LogP contribution in [0.4, 0.5) is 5.82 Å². The van der Waals surface area contributed by atoms with Crippen molar-refractivity contribution in [2.24, 2.45) is 11.8 Å². The minimum atomic E-state index is -0.984. The van der Waals surface area contributed by atoms with Crippen LogP contribution in [0, 0.1) is 11.8 Å². The third kappa shape index (κ3) is 3.95. The summed E-state index contributed by atoms with van der Waals surface area (Å²) < 4.78 is 0. The summed E-state index contributed by atoms with van der Waals surface area (Å²) >= 11 is 1.31. The quantitative estimate of drug-likeness (QED) is 0.672. The van der Waals surface area contributed by atoms with Crippen LogP contribution >= 0.6 is 11.3 Å². The molecule has 26 heavy (non-hydrogen) atoms. The van der Waals surface area contributed by atoms with Crippen molar-refractivity contribution < 1.29 is 15.0 Å². The van der Waals surface area contributed by atoms with Crippen LogP contribution in [0.5, 0.6) is 0 Å². The van der Waals surface area contributed by atoms with Gasteiger partial charge in [0.1, 0.15) is 12.1 Å². The summed E-state index contributed by atoms with van der Waals surface area (Å²) in [6.45, 7) is 5.71. The molecule has 7 heteroatoms. The lowest BCUT2D eigenvalue weighted by atomic mass is 10.00. The molecule has 6 nitrogen and oxygen atoms in total. The van der Waals surface area contributed by atoms with Gasteiger partial charge in [-0.3, -0.25) is 4.79 Å². The Kier molecular flexibility index (Phi) is 5.41. The van der Waals surface area contributed by atoms with Gasteiger partial charge in [-0.2, -0.15) is 0 Å². The summed E-state index contributed by atoms with van der Waals surface area (Å²) in [7, 11) is 0. The maximum atomic E-state index is 12.9. The molecule has 0 aromatic carbocycles. The van der Waals surface area contributed by atoms with Gasteiger partial charge in [0.25, 0.3) is 0 Å². The Bertz CT molecular complexity index is 784. The zero-order valence-corrected chi connectivity index (χ0v) is 16.1. The number of aliphatic hydroxyl groups is 2. The molecule has 0 saturated heterocycles. The number of rotatable bonds is 6. The average molecular weight is 375 g/mol. The Hall–Kier alpha value is -1.83. The Labute approximate surface area is 157 Å². The Morgan fingerprint density at radius 1 is 1.42 bits per heavy atom. The normalized spacial score (nSPS) is 23.2. The number of aliphatic hydroxyl groups excluding tert-OH is 1. The third-order valence-electron chi connectivity index (χ3n) is 5.11. The SMILES string of the molecule is C[C@H]1C[C@H](Nc2ncncc2C(=O)c2cc(C(C)(C)O)cs2)C[C@@H]1CO. The molecule has 3 N–H and O–H groups in total. The molecule has 2 aromatic rings. The predicted molar refractivity (Wildman–Crippen MR) is 101 cm³/mol. The van der Waals surface area contributed by atoms with Crippen LogP contribution in [0.1, 0.15) is 54.4 Å². The van der Waals surface area contributed by atoms with Crippen molar-refractivity contribution in [3.63, 3.8) is 0 Å². The van der Waals surface area contributed by atoms with E-state index in [1.807, 2.05) is 0 Å². The van der Waals surface area contributed by atoms with Gasteiger partial charge in [-0.25, -0.2) is 9.97 Å². The van der Waals surface area contributed by atoms with E-state index in [0.717, 1.165) is 12.8 Å². The molecule has 1 saturated carbocycles. The van der Waals surface area contributed by atoms with E-state index in [2.05, 4.69) is 22.2 Å². The van der Waals surface area contributed by atoms with Crippen molar-refractivity contribution in [1.29, 1.82) is 0 Å². The van der Waals surface area contributed by atoms with E-state index >= 15 is 0 Å². The maximum absolute atomic E-state index is 12.9. The van der Waals surface area contributed by atoms with Gasteiger partial charge in [-0.05, 0) is 55.5 Å². The van der Waals surface area contributed by atoms with Crippen LogP contribution in [0.2, 0.25) is 0 Å². The van der Waals surface area contributed by atoms with Crippen molar-refractivity contribution >= 4 is 22.9 Å². The van der Waals surface area contributed by atoms with Crippen molar-refractivity contribution in [1.82, 2.24) is 9.97 Å². The summed E-state index contributed by atoms with van der Waals surface area (Å²) in [4.78, 5) is 21.8. The first-order chi connectivity index (χ1) is 12.3. The molecule has 140 valence electrons. The molecule has 0 unspecified atom stereocenters. The number of thiophene rings is 1. The molecular weight excluding hydrogens is 350 g/mol. The second-order valence-corrected chi connectivity index (χ2v) is 8.52. The minimum absolute atomic E-state index is 0.154. The lowest BCUT2D eigenvalue weighted by Gasteiger charge is -2.15. The van der Waals surface area contributed by atoms with E-state index < -0.39 is 5.60 Å². The van der Waals surface area contributed by atoms with Crippen molar-refractivity contribution in [2.45, 2.75) is 45.3 Å². The van der Waals surface area contributed by atoms with E-state index in [0.29, 0.717) is 27.7 Å². The standard InChI is InChI=1S/C19H25N3O3S/c1-11-4-14(5-12(11)8-23)22-18-15(7-20-10-21-18)17(24)16-6-13(9-26-16)19(2,3)25/h6-7,9-12,14,23,25H,4-5,8H2,1-3H3,(H,20,21,22)/t11-,12+,14-/m0/s1. The van der Waals surface area contributed by atoms with Crippen LogP contribution in [-0.4, -0.2) is 38.6 Å². The highest BCUT2D eigenvalue weighted by molar-refractivity contribution is 7.12. The van der Waals surface area contributed by atoms with Crippen molar-refractivity contribution in [3.8, 4) is 0 Å². The molecular formula is C19H25N3O3S. The summed E-state index contributed by atoms with van der Waals surface area (Å²) in [5, 5.41) is 24.7. The van der Waals surface area contributed by atoms with Gasteiger partial charge in [0.2, 0.25) is 5.78 Å². The highest BCUT2D eigenvalue weighted by Crippen LogP contribution is 2.34. The number of nitrogens with one attached hydrogen (secondary N) is 1. The molecule has 0 aliphatic heterocycles. The van der Waals surface area contributed by atoms with Crippen molar-refractivity contribution in [2.75, 3.05) is 11.9 Å². The second-order valence-electron chi connectivity index (χ2n) is 7.61. The van der Waals surface area contributed by atoms with E-state index in [4.69, 9.17) is 0 Å². The van der Waals surface area contributed by atoms with Crippen LogP contribution in [0.15, 0.2) is 24.0 Å². The van der Waals surface area contributed by atoms with Gasteiger partial charge < -0.3 is 15.5 Å². The van der Waals surface area contributed by atoms with E-state index in [-0.39, 0.29) is 24.3 Å². The zero-order valence-electron chi connectivity index (χ0n) is 15.3. The molecule has 3 rings (SSSR count). The zero-order chi connectivity index (χ0) is 18.9. The molecule has 0 spiro atoms. The number of hydrogen-bond acceptors (Lipinski definition) is 7. The Morgan fingerprint density at radius 3 is 2.81 bits per heavy atom. The number of ketones is 1. The van der Waals surface area contributed by atoms with Crippen LogP contribution in [-0.2, 0) is 5.60 Å². The topological polar surface area (TPSA) is 95.3 Å². The number of hydrogen-bond donors (Lipinski definition) is 3. The molecule has 0 amide bonds. The fraction of sp³-hybridized carbons (Fsp3) is 0.526. The molecule has 3 atom stereocenters. The van der Waals surface area contributed by atoms with E-state index in [1.165, 1.54) is 23.9 Å². The van der Waals surface area contributed by atoms with Gasteiger partial charge in [0.05, 0.1) is 16.0 Å². The van der Waals surface area contributed by atoms with Gasteiger partial charge in [0.15, 0.2) is 0 Å². The first kappa shape index (κ1) is 18.9. The highest BCUT2D eigenvalue weighted by atomic mass is 32.1. The van der Waals surface area contributed by atoms with E-state index in [1.54, 1.807) is 25.3 Å². The lowest BCUT2D eigenvalue weighted by molar-refractivity contribution is 0.0790. The predicted octanol–water partition coefficient (Wildman–Crippen LogP) is 2.82. The molecule has 1 aliphatic carbocycles. The van der Waals surface area contributed by atoms with Crippen LogP contribution < -0.4 is 5.32 Å². The largest absolute Gasteiger partial charge is 0.396 e. The minimum Gasteiger partial charge on any atom is -0.396 e. The number of carbonyl (C=O) groups is 1. The Balaban J connectivity index is 1.81. The average Bonchev–Trinajstić information content (AvgIpc) is 3.21. The second kappa shape index (κ2) is 7.42. The highest BCUT2D eigenvalue weighted by Gasteiger charge is 2.32. The third-order valence-corrected chi connectivity index (χ3v) is 6.04.